The minimum absolute atomic E-state index is 0.270. The summed E-state index contributed by atoms with van der Waals surface area (Å²) in [5.74, 6) is 0.651. The first kappa shape index (κ1) is 20.9. The highest BCUT2D eigenvalue weighted by Gasteiger charge is 2.20. The Balaban J connectivity index is 2.19. The van der Waals surface area contributed by atoms with Gasteiger partial charge in [-0.1, -0.05) is 42.5 Å². The standard InChI is InChI=1S/C20H28N4O2S/c1-5-21-20(22-14-17-11-7-6-10-16(17)2)23-15-18-12-8-9-13-19(18)27(25,26)24(3)4/h6-13H,5,14-15H2,1-4H3,(H2,21,22,23). The third-order valence-corrected chi connectivity index (χ3v) is 6.11. The van der Waals surface area contributed by atoms with Crippen LogP contribution in [0, 0.1) is 6.92 Å². The minimum Gasteiger partial charge on any atom is -0.357 e. The number of hydrogen-bond donors (Lipinski definition) is 2. The Morgan fingerprint density at radius 3 is 2.26 bits per heavy atom. The van der Waals surface area contributed by atoms with Crippen molar-refractivity contribution in [3.05, 3.63) is 65.2 Å². The van der Waals surface area contributed by atoms with Crippen LogP contribution in [0.1, 0.15) is 23.6 Å². The summed E-state index contributed by atoms with van der Waals surface area (Å²) >= 11 is 0. The van der Waals surface area contributed by atoms with Crippen molar-refractivity contribution in [2.24, 2.45) is 4.99 Å². The van der Waals surface area contributed by atoms with Crippen molar-refractivity contribution in [2.75, 3.05) is 20.6 Å². The number of benzene rings is 2. The zero-order valence-electron chi connectivity index (χ0n) is 16.4. The second-order valence-corrected chi connectivity index (χ2v) is 8.49. The molecule has 6 nitrogen and oxygen atoms in total. The third kappa shape index (κ3) is 5.55. The Morgan fingerprint density at radius 1 is 1.00 bits per heavy atom. The first-order valence-electron chi connectivity index (χ1n) is 8.93. The van der Waals surface area contributed by atoms with Crippen LogP contribution < -0.4 is 10.6 Å². The van der Waals surface area contributed by atoms with E-state index in [1.165, 1.54) is 29.5 Å². The maximum Gasteiger partial charge on any atom is 0.242 e. The molecule has 7 heteroatoms. The molecule has 0 radical (unpaired) electrons. The number of aryl methyl sites for hydroxylation is 1. The Hall–Kier alpha value is -2.38. The van der Waals surface area contributed by atoms with Crippen molar-refractivity contribution in [2.45, 2.75) is 31.8 Å². The van der Waals surface area contributed by atoms with Gasteiger partial charge in [0.1, 0.15) is 0 Å². The Kier molecular flexibility index (Phi) is 7.38. The Labute approximate surface area is 162 Å². The molecule has 0 saturated heterocycles. The normalized spacial score (nSPS) is 12.3. The van der Waals surface area contributed by atoms with Gasteiger partial charge in [-0.25, -0.2) is 17.7 Å². The van der Waals surface area contributed by atoms with Crippen LogP contribution in [0.15, 0.2) is 58.4 Å². The zero-order valence-corrected chi connectivity index (χ0v) is 17.2. The lowest BCUT2D eigenvalue weighted by molar-refractivity contribution is 0.519. The predicted molar refractivity (Wildman–Crippen MR) is 110 cm³/mol. The molecule has 0 spiro atoms. The molecule has 2 aromatic carbocycles. The van der Waals surface area contributed by atoms with Gasteiger partial charge in [-0.2, -0.15) is 0 Å². The molecule has 0 fully saturated rings. The van der Waals surface area contributed by atoms with E-state index in [1.807, 2.05) is 25.1 Å². The highest BCUT2D eigenvalue weighted by Crippen LogP contribution is 2.19. The lowest BCUT2D eigenvalue weighted by Crippen LogP contribution is -2.37. The van der Waals surface area contributed by atoms with E-state index in [9.17, 15) is 8.42 Å². The van der Waals surface area contributed by atoms with Crippen molar-refractivity contribution in [3.8, 4) is 0 Å². The summed E-state index contributed by atoms with van der Waals surface area (Å²) in [5.41, 5.74) is 3.07. The number of aliphatic imine (C=N–C) groups is 1. The first-order chi connectivity index (χ1) is 12.9. The van der Waals surface area contributed by atoms with Gasteiger partial charge in [0.2, 0.25) is 10.0 Å². The fraction of sp³-hybridized carbons (Fsp3) is 0.350. The van der Waals surface area contributed by atoms with Crippen LogP contribution >= 0.6 is 0 Å². The number of rotatable bonds is 7. The van der Waals surface area contributed by atoms with Gasteiger partial charge in [0, 0.05) is 27.2 Å². The van der Waals surface area contributed by atoms with Crippen molar-refractivity contribution in [1.82, 2.24) is 14.9 Å². The summed E-state index contributed by atoms with van der Waals surface area (Å²) in [6, 6.07) is 15.1. The van der Waals surface area contributed by atoms with E-state index in [-0.39, 0.29) is 11.4 Å². The van der Waals surface area contributed by atoms with Crippen LogP contribution in [0.25, 0.3) is 0 Å². The van der Waals surface area contributed by atoms with Gasteiger partial charge in [0.25, 0.3) is 0 Å². The highest BCUT2D eigenvalue weighted by molar-refractivity contribution is 7.89. The zero-order chi connectivity index (χ0) is 19.9. The van der Waals surface area contributed by atoms with Crippen LogP contribution in [0.2, 0.25) is 0 Å². The topological polar surface area (TPSA) is 73.8 Å². The molecule has 0 aliphatic rings. The second-order valence-electron chi connectivity index (χ2n) is 6.37. The molecule has 0 aromatic heterocycles. The molecule has 0 aliphatic carbocycles. The van der Waals surface area contributed by atoms with E-state index >= 15 is 0 Å². The average Bonchev–Trinajstić information content (AvgIpc) is 2.65. The maximum absolute atomic E-state index is 12.5. The van der Waals surface area contributed by atoms with Gasteiger partial charge in [0.05, 0.1) is 11.4 Å². The van der Waals surface area contributed by atoms with Crippen LogP contribution in [0.5, 0.6) is 0 Å². The van der Waals surface area contributed by atoms with E-state index < -0.39 is 10.0 Å². The highest BCUT2D eigenvalue weighted by atomic mass is 32.2. The quantitative estimate of drug-likeness (QED) is 0.565. The maximum atomic E-state index is 12.5. The van der Waals surface area contributed by atoms with E-state index in [2.05, 4.69) is 34.7 Å². The Bertz CT molecular complexity index is 892. The predicted octanol–water partition coefficient (Wildman–Crippen LogP) is 2.50. The molecule has 0 amide bonds. The number of guanidine groups is 1. The summed E-state index contributed by atoms with van der Waals surface area (Å²) in [4.78, 5) is 4.86. The van der Waals surface area contributed by atoms with Crippen LogP contribution in [0.3, 0.4) is 0 Å². The van der Waals surface area contributed by atoms with Crippen LogP contribution in [0.4, 0.5) is 0 Å². The summed E-state index contributed by atoms with van der Waals surface area (Å²) in [6.45, 7) is 5.71. The largest absolute Gasteiger partial charge is 0.357 e. The van der Waals surface area contributed by atoms with Crippen LogP contribution in [-0.4, -0.2) is 39.3 Å². The number of hydrogen-bond acceptors (Lipinski definition) is 3. The summed E-state index contributed by atoms with van der Waals surface area (Å²) in [6.07, 6.45) is 0. The first-order valence-corrected chi connectivity index (χ1v) is 10.4. The average molecular weight is 389 g/mol. The molecule has 0 saturated carbocycles. The molecule has 2 N–H and O–H groups in total. The fourth-order valence-electron chi connectivity index (χ4n) is 2.58. The molecule has 27 heavy (non-hydrogen) atoms. The molecule has 2 aromatic rings. The van der Waals surface area contributed by atoms with Gasteiger partial charge < -0.3 is 10.6 Å². The molecule has 146 valence electrons. The molecule has 0 heterocycles. The molecular formula is C20H28N4O2S. The lowest BCUT2D eigenvalue weighted by atomic mass is 10.1. The smallest absolute Gasteiger partial charge is 0.242 e. The van der Waals surface area contributed by atoms with E-state index in [1.54, 1.807) is 18.2 Å². The summed E-state index contributed by atoms with van der Waals surface area (Å²) in [7, 11) is -0.443. The van der Waals surface area contributed by atoms with Crippen molar-refractivity contribution in [3.63, 3.8) is 0 Å². The van der Waals surface area contributed by atoms with E-state index in [0.29, 0.717) is 18.1 Å². The second kappa shape index (κ2) is 9.53. The monoisotopic (exact) mass is 388 g/mol. The van der Waals surface area contributed by atoms with Gasteiger partial charge >= 0.3 is 0 Å². The van der Waals surface area contributed by atoms with Crippen LogP contribution in [-0.2, 0) is 23.1 Å². The molecule has 0 aliphatic heterocycles. The fourth-order valence-corrected chi connectivity index (χ4v) is 3.68. The Morgan fingerprint density at radius 2 is 1.63 bits per heavy atom. The lowest BCUT2D eigenvalue weighted by Gasteiger charge is -2.15. The minimum atomic E-state index is -3.51. The number of sulfonamides is 1. The molecular weight excluding hydrogens is 360 g/mol. The number of nitrogens with one attached hydrogen (secondary N) is 2. The third-order valence-electron chi connectivity index (χ3n) is 4.19. The van der Waals surface area contributed by atoms with E-state index in [4.69, 9.17) is 0 Å². The van der Waals surface area contributed by atoms with Gasteiger partial charge in [0.15, 0.2) is 5.96 Å². The van der Waals surface area contributed by atoms with Gasteiger partial charge in [-0.3, -0.25) is 0 Å². The summed E-state index contributed by atoms with van der Waals surface area (Å²) < 4.78 is 26.3. The summed E-state index contributed by atoms with van der Waals surface area (Å²) in [5, 5.41) is 6.51. The van der Waals surface area contributed by atoms with Gasteiger partial charge in [-0.15, -0.1) is 0 Å². The van der Waals surface area contributed by atoms with Crippen molar-refractivity contribution >= 4 is 16.0 Å². The SMILES string of the molecule is CCNC(=NCc1ccccc1S(=O)(=O)N(C)C)NCc1ccccc1C. The molecule has 0 bridgehead atoms. The molecule has 0 unspecified atom stereocenters. The number of nitrogens with zero attached hydrogens (tertiary/aromatic N) is 2. The van der Waals surface area contributed by atoms with Crippen molar-refractivity contribution in [1.29, 1.82) is 0 Å². The van der Waals surface area contributed by atoms with Gasteiger partial charge in [-0.05, 0) is 36.6 Å². The van der Waals surface area contributed by atoms with Crippen molar-refractivity contribution < 1.29 is 8.42 Å². The van der Waals surface area contributed by atoms with E-state index in [0.717, 1.165) is 6.54 Å². The molecule has 2 rings (SSSR count). The molecule has 0 atom stereocenters.